The first-order chi connectivity index (χ1) is 9.25. The zero-order chi connectivity index (χ0) is 13.2. The second-order valence-corrected chi connectivity index (χ2v) is 4.27. The topological polar surface area (TPSA) is 90.6 Å². The number of aromatic amines is 1. The largest absolute Gasteiger partial charge is 0.387 e. The monoisotopic (exact) mass is 255 g/mol. The van der Waals surface area contributed by atoms with Crippen molar-refractivity contribution in [3.63, 3.8) is 0 Å². The second kappa shape index (κ2) is 4.66. The SMILES string of the molecule is N=c1ncn(CC(O)c2ccccc2)c2nc[nH]c12. The number of nitrogens with zero attached hydrogens (tertiary/aromatic N) is 3. The van der Waals surface area contributed by atoms with Crippen LogP contribution < -0.4 is 5.49 Å². The Labute approximate surface area is 108 Å². The number of hydrogen-bond acceptors (Lipinski definition) is 4. The Morgan fingerprint density at radius 3 is 2.84 bits per heavy atom. The van der Waals surface area contributed by atoms with Crippen LogP contribution >= 0.6 is 0 Å². The molecule has 6 nitrogen and oxygen atoms in total. The van der Waals surface area contributed by atoms with Crippen LogP contribution in [0, 0.1) is 5.41 Å². The molecule has 3 rings (SSSR count). The number of imidazole rings is 1. The first-order valence-electron chi connectivity index (χ1n) is 5.92. The normalized spacial score (nSPS) is 12.7. The van der Waals surface area contributed by atoms with Crippen molar-refractivity contribution in [2.75, 3.05) is 0 Å². The second-order valence-electron chi connectivity index (χ2n) is 4.27. The molecule has 0 aliphatic heterocycles. The van der Waals surface area contributed by atoms with Crippen molar-refractivity contribution >= 4 is 11.2 Å². The van der Waals surface area contributed by atoms with E-state index in [1.165, 1.54) is 12.7 Å². The number of nitrogens with one attached hydrogen (secondary N) is 2. The summed E-state index contributed by atoms with van der Waals surface area (Å²) in [5.74, 6) is 0. The molecule has 0 aliphatic carbocycles. The number of H-pyrrole nitrogens is 1. The Kier molecular flexibility index (Phi) is 2.85. The van der Waals surface area contributed by atoms with E-state index >= 15 is 0 Å². The Morgan fingerprint density at radius 1 is 1.26 bits per heavy atom. The standard InChI is InChI=1S/C13H13N5O/c14-12-11-13(16-7-15-11)18(8-17-12)6-10(19)9-4-2-1-3-5-9/h1-5,7-8,10,14,19H,6H2,(H,15,16). The molecule has 0 fully saturated rings. The first kappa shape index (κ1) is 11.6. The van der Waals surface area contributed by atoms with Crippen LogP contribution in [-0.2, 0) is 6.54 Å². The highest BCUT2D eigenvalue weighted by atomic mass is 16.3. The van der Waals surface area contributed by atoms with E-state index in [9.17, 15) is 5.11 Å². The molecule has 3 aromatic rings. The van der Waals surface area contributed by atoms with E-state index in [1.54, 1.807) is 4.57 Å². The molecule has 0 bridgehead atoms. The number of aromatic nitrogens is 4. The molecule has 19 heavy (non-hydrogen) atoms. The number of aliphatic hydroxyl groups excluding tert-OH is 1. The van der Waals surface area contributed by atoms with Crippen molar-refractivity contribution in [2.24, 2.45) is 0 Å². The molecule has 3 N–H and O–H groups in total. The fraction of sp³-hybridized carbons (Fsp3) is 0.154. The minimum atomic E-state index is -0.635. The number of rotatable bonds is 3. The van der Waals surface area contributed by atoms with Gasteiger partial charge in [0, 0.05) is 0 Å². The summed E-state index contributed by atoms with van der Waals surface area (Å²) < 4.78 is 1.74. The van der Waals surface area contributed by atoms with E-state index in [2.05, 4.69) is 15.0 Å². The van der Waals surface area contributed by atoms with Crippen molar-refractivity contribution in [3.8, 4) is 0 Å². The molecule has 0 radical (unpaired) electrons. The van der Waals surface area contributed by atoms with Crippen molar-refractivity contribution in [3.05, 3.63) is 54.0 Å². The molecular formula is C13H13N5O. The summed E-state index contributed by atoms with van der Waals surface area (Å²) in [6.07, 6.45) is 2.41. The molecule has 6 heteroatoms. The van der Waals surface area contributed by atoms with Crippen molar-refractivity contribution < 1.29 is 5.11 Å². The molecule has 96 valence electrons. The van der Waals surface area contributed by atoms with Gasteiger partial charge in [-0.25, -0.2) is 9.97 Å². The van der Waals surface area contributed by atoms with Crippen molar-refractivity contribution in [2.45, 2.75) is 12.6 Å². The summed E-state index contributed by atoms with van der Waals surface area (Å²) in [6, 6.07) is 9.43. The number of fused-ring (bicyclic) bond motifs is 1. The number of hydrogen-bond donors (Lipinski definition) is 3. The van der Waals surface area contributed by atoms with Crippen LogP contribution in [0.25, 0.3) is 11.2 Å². The van der Waals surface area contributed by atoms with Gasteiger partial charge in [-0.15, -0.1) is 0 Å². The Hall–Kier alpha value is -2.47. The predicted octanol–water partition coefficient (Wildman–Crippen LogP) is 0.972. The molecule has 0 aliphatic rings. The Balaban J connectivity index is 1.96. The maximum absolute atomic E-state index is 10.2. The van der Waals surface area contributed by atoms with Crippen LogP contribution in [0.15, 0.2) is 43.0 Å². The van der Waals surface area contributed by atoms with Crippen molar-refractivity contribution in [1.82, 2.24) is 19.5 Å². The molecular weight excluding hydrogens is 242 g/mol. The fourth-order valence-corrected chi connectivity index (χ4v) is 2.03. The van der Waals surface area contributed by atoms with E-state index in [0.29, 0.717) is 17.7 Å². The highest BCUT2D eigenvalue weighted by Crippen LogP contribution is 2.15. The number of benzene rings is 1. The van der Waals surface area contributed by atoms with Crippen LogP contribution in [-0.4, -0.2) is 24.6 Å². The van der Waals surface area contributed by atoms with Gasteiger partial charge in [0.1, 0.15) is 5.52 Å². The van der Waals surface area contributed by atoms with Gasteiger partial charge in [0.2, 0.25) is 0 Å². The maximum Gasteiger partial charge on any atom is 0.173 e. The summed E-state index contributed by atoms with van der Waals surface area (Å²) in [6.45, 7) is 0.346. The van der Waals surface area contributed by atoms with E-state index in [-0.39, 0.29) is 5.49 Å². The summed E-state index contributed by atoms with van der Waals surface area (Å²) in [5.41, 5.74) is 2.18. The lowest BCUT2D eigenvalue weighted by atomic mass is 10.1. The van der Waals surface area contributed by atoms with Crippen LogP contribution in [0.5, 0.6) is 0 Å². The minimum absolute atomic E-state index is 0.151. The predicted molar refractivity (Wildman–Crippen MR) is 69.1 cm³/mol. The van der Waals surface area contributed by atoms with Gasteiger partial charge >= 0.3 is 0 Å². The summed E-state index contributed by atoms with van der Waals surface area (Å²) >= 11 is 0. The quantitative estimate of drug-likeness (QED) is 0.651. The average molecular weight is 255 g/mol. The lowest BCUT2D eigenvalue weighted by Crippen LogP contribution is -2.16. The molecule has 0 amide bonds. The molecule has 0 spiro atoms. The summed E-state index contributed by atoms with van der Waals surface area (Å²) in [5, 5.41) is 17.9. The lowest BCUT2D eigenvalue weighted by Gasteiger charge is -2.13. The molecule has 2 heterocycles. The van der Waals surface area contributed by atoms with Crippen LogP contribution in [0.4, 0.5) is 0 Å². The van der Waals surface area contributed by atoms with E-state index in [0.717, 1.165) is 5.56 Å². The van der Waals surface area contributed by atoms with Gasteiger partial charge in [-0.1, -0.05) is 30.3 Å². The van der Waals surface area contributed by atoms with Crippen molar-refractivity contribution in [1.29, 1.82) is 5.41 Å². The van der Waals surface area contributed by atoms with E-state index in [1.807, 2.05) is 30.3 Å². The molecule has 0 saturated heterocycles. The zero-order valence-electron chi connectivity index (χ0n) is 10.1. The van der Waals surface area contributed by atoms with Crippen LogP contribution in [0.3, 0.4) is 0 Å². The van der Waals surface area contributed by atoms with Gasteiger partial charge in [-0.05, 0) is 5.56 Å². The molecule has 2 aromatic heterocycles. The maximum atomic E-state index is 10.2. The lowest BCUT2D eigenvalue weighted by molar-refractivity contribution is 0.157. The highest BCUT2D eigenvalue weighted by Gasteiger charge is 2.11. The number of aliphatic hydroxyl groups is 1. The fourth-order valence-electron chi connectivity index (χ4n) is 2.03. The Bertz CT molecular complexity index is 746. The first-order valence-corrected chi connectivity index (χ1v) is 5.92. The van der Waals surface area contributed by atoms with Crippen LogP contribution in [0.1, 0.15) is 11.7 Å². The third kappa shape index (κ3) is 2.13. The average Bonchev–Trinajstić information content (AvgIpc) is 2.93. The van der Waals surface area contributed by atoms with Gasteiger partial charge < -0.3 is 14.7 Å². The van der Waals surface area contributed by atoms with E-state index < -0.39 is 6.10 Å². The summed E-state index contributed by atoms with van der Waals surface area (Å²) in [4.78, 5) is 11.0. The molecule has 1 atom stereocenters. The van der Waals surface area contributed by atoms with Gasteiger partial charge in [0.05, 0.1) is 25.3 Å². The zero-order valence-corrected chi connectivity index (χ0v) is 10.1. The molecule has 1 aromatic carbocycles. The molecule has 1 unspecified atom stereocenters. The summed E-state index contributed by atoms with van der Waals surface area (Å²) in [7, 11) is 0. The molecule has 0 saturated carbocycles. The Morgan fingerprint density at radius 2 is 2.05 bits per heavy atom. The van der Waals surface area contributed by atoms with E-state index in [4.69, 9.17) is 5.41 Å². The van der Waals surface area contributed by atoms with Gasteiger partial charge in [-0.3, -0.25) is 5.41 Å². The smallest absolute Gasteiger partial charge is 0.173 e. The third-order valence-electron chi connectivity index (χ3n) is 3.01. The highest BCUT2D eigenvalue weighted by molar-refractivity contribution is 5.68. The van der Waals surface area contributed by atoms with Gasteiger partial charge in [0.15, 0.2) is 11.1 Å². The minimum Gasteiger partial charge on any atom is -0.387 e. The van der Waals surface area contributed by atoms with Gasteiger partial charge in [-0.2, -0.15) is 0 Å². The van der Waals surface area contributed by atoms with Gasteiger partial charge in [0.25, 0.3) is 0 Å². The third-order valence-corrected chi connectivity index (χ3v) is 3.01. The van der Waals surface area contributed by atoms with Crippen LogP contribution in [0.2, 0.25) is 0 Å².